The molecule has 1 unspecified atom stereocenters. The Kier molecular flexibility index (Phi) is 1.42. The summed E-state index contributed by atoms with van der Waals surface area (Å²) in [5.41, 5.74) is 1.52. The van der Waals surface area contributed by atoms with E-state index < -0.39 is 0 Å². The molecular formula is C9H11N. The van der Waals surface area contributed by atoms with Crippen LogP contribution in [0.5, 0.6) is 0 Å². The number of nitrogens with zero attached hydrogens (tertiary/aromatic N) is 1. The molecule has 10 heavy (non-hydrogen) atoms. The average Bonchev–Trinajstić information content (AvgIpc) is 2.05. The summed E-state index contributed by atoms with van der Waals surface area (Å²) in [5.74, 6) is 0. The van der Waals surface area contributed by atoms with E-state index in [0.717, 1.165) is 6.42 Å². The topological polar surface area (TPSA) is 12.4 Å². The molecule has 0 saturated carbocycles. The second-order valence-corrected chi connectivity index (χ2v) is 2.76. The van der Waals surface area contributed by atoms with Gasteiger partial charge in [-0.2, -0.15) is 0 Å². The van der Waals surface area contributed by atoms with Crippen molar-refractivity contribution < 1.29 is 0 Å². The molecule has 0 fully saturated rings. The Hall–Kier alpha value is -0.850. The van der Waals surface area contributed by atoms with Crippen LogP contribution in [0.25, 0.3) is 0 Å². The summed E-state index contributed by atoms with van der Waals surface area (Å²) in [6, 6.07) is 0.405. The first-order valence-corrected chi connectivity index (χ1v) is 3.84. The molecule has 1 atom stereocenters. The summed E-state index contributed by atoms with van der Waals surface area (Å²) in [6.07, 6.45) is 12.2. The predicted octanol–water partition coefficient (Wildman–Crippen LogP) is 2.11. The summed E-state index contributed by atoms with van der Waals surface area (Å²) < 4.78 is 0. The zero-order valence-electron chi connectivity index (χ0n) is 5.96. The molecule has 0 bridgehead atoms. The minimum absolute atomic E-state index is 0.405. The van der Waals surface area contributed by atoms with Crippen molar-refractivity contribution >= 4 is 6.21 Å². The third kappa shape index (κ3) is 0.919. The molecule has 1 heterocycles. The van der Waals surface area contributed by atoms with Gasteiger partial charge in [0, 0.05) is 12.6 Å². The normalized spacial score (nSPS) is 29.6. The minimum atomic E-state index is 0.405. The van der Waals surface area contributed by atoms with E-state index in [4.69, 9.17) is 0 Å². The largest absolute Gasteiger partial charge is 0.285 e. The van der Waals surface area contributed by atoms with Crippen LogP contribution in [-0.4, -0.2) is 12.3 Å². The number of fused-ring (bicyclic) bond motifs is 1. The van der Waals surface area contributed by atoms with Crippen LogP contribution in [0.15, 0.2) is 28.8 Å². The zero-order valence-corrected chi connectivity index (χ0v) is 5.96. The number of aliphatic imine (C=N–C) groups is 1. The minimum Gasteiger partial charge on any atom is -0.285 e. The Balaban J connectivity index is 2.26. The lowest BCUT2D eigenvalue weighted by Crippen LogP contribution is -2.11. The standard InChI is InChI=1S/C9H11N/c1-2-6-9-8(4-1)5-3-7-10-9/h2,5-7,9H,1,3-4H2. The lowest BCUT2D eigenvalue weighted by atomic mass is 9.94. The number of hydrogen-bond acceptors (Lipinski definition) is 1. The molecule has 1 aliphatic carbocycles. The van der Waals surface area contributed by atoms with Gasteiger partial charge in [0.25, 0.3) is 0 Å². The summed E-state index contributed by atoms with van der Waals surface area (Å²) in [5, 5.41) is 0. The van der Waals surface area contributed by atoms with Crippen molar-refractivity contribution in [1.29, 1.82) is 0 Å². The summed E-state index contributed by atoms with van der Waals surface area (Å²) in [6.45, 7) is 0. The maximum atomic E-state index is 4.37. The van der Waals surface area contributed by atoms with E-state index in [1.807, 2.05) is 6.21 Å². The molecule has 1 aliphatic heterocycles. The van der Waals surface area contributed by atoms with Crippen molar-refractivity contribution in [3.63, 3.8) is 0 Å². The molecule has 0 aromatic rings. The highest BCUT2D eigenvalue weighted by Gasteiger charge is 2.13. The van der Waals surface area contributed by atoms with Gasteiger partial charge in [-0.1, -0.05) is 18.2 Å². The molecule has 1 heteroatoms. The zero-order chi connectivity index (χ0) is 6.81. The van der Waals surface area contributed by atoms with Crippen LogP contribution in [0, 0.1) is 0 Å². The second-order valence-electron chi connectivity index (χ2n) is 2.76. The molecule has 2 aliphatic rings. The highest BCUT2D eigenvalue weighted by molar-refractivity contribution is 5.63. The van der Waals surface area contributed by atoms with Crippen molar-refractivity contribution in [3.05, 3.63) is 23.8 Å². The lowest BCUT2D eigenvalue weighted by molar-refractivity contribution is 0.793. The fraction of sp³-hybridized carbons (Fsp3) is 0.444. The SMILES string of the molecule is C1=CC2N=CCC=C2CC1. The predicted molar refractivity (Wildman–Crippen MR) is 43.4 cm³/mol. The van der Waals surface area contributed by atoms with E-state index in [2.05, 4.69) is 23.2 Å². The third-order valence-electron chi connectivity index (χ3n) is 2.05. The van der Waals surface area contributed by atoms with E-state index >= 15 is 0 Å². The van der Waals surface area contributed by atoms with E-state index in [0.29, 0.717) is 6.04 Å². The van der Waals surface area contributed by atoms with E-state index in [1.165, 1.54) is 18.4 Å². The molecule has 0 amide bonds. The van der Waals surface area contributed by atoms with Crippen molar-refractivity contribution in [2.75, 3.05) is 0 Å². The number of hydrogen-bond donors (Lipinski definition) is 0. The Morgan fingerprint density at radius 3 is 3.40 bits per heavy atom. The van der Waals surface area contributed by atoms with Gasteiger partial charge in [0.05, 0.1) is 6.04 Å². The number of allylic oxidation sites excluding steroid dienone is 2. The quantitative estimate of drug-likeness (QED) is 0.449. The van der Waals surface area contributed by atoms with Crippen LogP contribution in [0.4, 0.5) is 0 Å². The van der Waals surface area contributed by atoms with Crippen molar-refractivity contribution in [1.82, 2.24) is 0 Å². The monoisotopic (exact) mass is 133 g/mol. The van der Waals surface area contributed by atoms with Crippen molar-refractivity contribution in [2.24, 2.45) is 4.99 Å². The van der Waals surface area contributed by atoms with Crippen LogP contribution in [0.1, 0.15) is 19.3 Å². The number of dihydropyridines is 1. The van der Waals surface area contributed by atoms with Crippen LogP contribution in [0.2, 0.25) is 0 Å². The van der Waals surface area contributed by atoms with Gasteiger partial charge in [-0.15, -0.1) is 0 Å². The lowest BCUT2D eigenvalue weighted by Gasteiger charge is -2.19. The summed E-state index contributed by atoms with van der Waals surface area (Å²) in [4.78, 5) is 4.37. The molecule has 0 radical (unpaired) electrons. The molecule has 0 N–H and O–H groups in total. The molecule has 52 valence electrons. The van der Waals surface area contributed by atoms with Crippen LogP contribution < -0.4 is 0 Å². The Labute approximate surface area is 61.2 Å². The van der Waals surface area contributed by atoms with Crippen LogP contribution in [-0.2, 0) is 0 Å². The summed E-state index contributed by atoms with van der Waals surface area (Å²) >= 11 is 0. The average molecular weight is 133 g/mol. The van der Waals surface area contributed by atoms with E-state index in [9.17, 15) is 0 Å². The highest BCUT2D eigenvalue weighted by Crippen LogP contribution is 2.22. The Morgan fingerprint density at radius 1 is 1.50 bits per heavy atom. The van der Waals surface area contributed by atoms with E-state index in [1.54, 1.807) is 0 Å². The van der Waals surface area contributed by atoms with Gasteiger partial charge in [0.1, 0.15) is 0 Å². The molecule has 2 rings (SSSR count). The third-order valence-corrected chi connectivity index (χ3v) is 2.05. The molecule has 0 aromatic heterocycles. The fourth-order valence-corrected chi connectivity index (χ4v) is 1.49. The first-order valence-electron chi connectivity index (χ1n) is 3.84. The summed E-state index contributed by atoms with van der Waals surface area (Å²) in [7, 11) is 0. The molecule has 0 saturated heterocycles. The van der Waals surface area contributed by atoms with Crippen molar-refractivity contribution in [2.45, 2.75) is 25.3 Å². The van der Waals surface area contributed by atoms with Gasteiger partial charge >= 0.3 is 0 Å². The maximum absolute atomic E-state index is 4.37. The molecule has 0 aromatic carbocycles. The highest BCUT2D eigenvalue weighted by atomic mass is 14.8. The maximum Gasteiger partial charge on any atom is 0.0886 e. The smallest absolute Gasteiger partial charge is 0.0886 e. The van der Waals surface area contributed by atoms with Gasteiger partial charge < -0.3 is 0 Å². The first kappa shape index (κ1) is 5.90. The van der Waals surface area contributed by atoms with Crippen molar-refractivity contribution in [3.8, 4) is 0 Å². The van der Waals surface area contributed by atoms with Gasteiger partial charge in [-0.05, 0) is 18.4 Å². The first-order chi connectivity index (χ1) is 4.97. The fourth-order valence-electron chi connectivity index (χ4n) is 1.49. The molecular weight excluding hydrogens is 122 g/mol. The van der Waals surface area contributed by atoms with Gasteiger partial charge in [0.15, 0.2) is 0 Å². The van der Waals surface area contributed by atoms with Gasteiger partial charge in [-0.25, -0.2) is 0 Å². The Morgan fingerprint density at radius 2 is 2.50 bits per heavy atom. The molecule has 0 spiro atoms. The second kappa shape index (κ2) is 2.41. The van der Waals surface area contributed by atoms with Crippen LogP contribution >= 0.6 is 0 Å². The molecule has 1 nitrogen and oxygen atoms in total. The number of rotatable bonds is 0. The van der Waals surface area contributed by atoms with Crippen LogP contribution in [0.3, 0.4) is 0 Å². The Bertz CT molecular complexity index is 211. The van der Waals surface area contributed by atoms with E-state index in [-0.39, 0.29) is 0 Å². The van der Waals surface area contributed by atoms with Gasteiger partial charge in [0.2, 0.25) is 0 Å². The van der Waals surface area contributed by atoms with Gasteiger partial charge in [-0.3, -0.25) is 4.99 Å².